The van der Waals surface area contributed by atoms with E-state index in [2.05, 4.69) is 47.2 Å². The number of hydrogen-bond donors (Lipinski definition) is 1. The molecule has 0 atom stereocenters. The number of aromatic amines is 2. The molecule has 4 rings (SSSR count). The molecular weight excluding hydrogens is 340 g/mol. The number of rotatable bonds is 5. The van der Waals surface area contributed by atoms with Crippen LogP contribution in [0.25, 0.3) is 22.2 Å². The van der Waals surface area contributed by atoms with E-state index >= 15 is 0 Å². The largest absolute Gasteiger partial charge is 0.314 e. The standard InChI is InChI=1S/C22H18N2OS/c1-15-7-12-19-20(13-15)24-22(23-19)26-14-21(25)18-10-8-17(9-11-18)16-5-3-2-4-6-16/h2-13H,14H2,1H3,(H,23,24)/p+1. The van der Waals surface area contributed by atoms with Gasteiger partial charge in [-0.3, -0.25) is 4.79 Å². The first-order chi connectivity index (χ1) is 12.7. The molecule has 0 aliphatic carbocycles. The zero-order valence-electron chi connectivity index (χ0n) is 14.5. The molecule has 26 heavy (non-hydrogen) atoms. The van der Waals surface area contributed by atoms with Gasteiger partial charge in [-0.25, -0.2) is 9.97 Å². The van der Waals surface area contributed by atoms with E-state index in [-0.39, 0.29) is 5.78 Å². The highest BCUT2D eigenvalue weighted by atomic mass is 32.2. The molecule has 0 unspecified atom stereocenters. The minimum atomic E-state index is 0.123. The number of nitrogens with one attached hydrogen (secondary N) is 2. The number of aryl methyl sites for hydroxylation is 1. The molecule has 128 valence electrons. The second-order valence-corrected chi connectivity index (χ2v) is 7.27. The van der Waals surface area contributed by atoms with Crippen LogP contribution in [0, 0.1) is 6.92 Å². The summed E-state index contributed by atoms with van der Waals surface area (Å²) in [5, 5.41) is 0.903. The van der Waals surface area contributed by atoms with Crippen LogP contribution in [0.1, 0.15) is 15.9 Å². The van der Waals surface area contributed by atoms with Crippen molar-refractivity contribution < 1.29 is 9.78 Å². The fourth-order valence-corrected chi connectivity index (χ4v) is 3.73. The second-order valence-electron chi connectivity index (χ2n) is 6.28. The molecule has 0 saturated heterocycles. The normalized spacial score (nSPS) is 11.0. The van der Waals surface area contributed by atoms with Crippen molar-refractivity contribution in [2.75, 3.05) is 5.75 Å². The van der Waals surface area contributed by atoms with Gasteiger partial charge in [0.25, 0.3) is 0 Å². The number of H-pyrrole nitrogens is 2. The van der Waals surface area contributed by atoms with Gasteiger partial charge in [0, 0.05) is 5.56 Å². The molecule has 0 aliphatic heterocycles. The molecule has 3 nitrogen and oxygen atoms in total. The molecule has 0 saturated carbocycles. The van der Waals surface area contributed by atoms with Gasteiger partial charge in [0.1, 0.15) is 0 Å². The highest BCUT2D eigenvalue weighted by molar-refractivity contribution is 7.99. The maximum Gasteiger partial charge on any atom is 0.314 e. The summed E-state index contributed by atoms with van der Waals surface area (Å²) in [4.78, 5) is 19.1. The number of carbonyl (C=O) groups excluding carboxylic acids is 1. The number of ketones is 1. The van der Waals surface area contributed by atoms with E-state index < -0.39 is 0 Å². The molecule has 0 spiro atoms. The monoisotopic (exact) mass is 359 g/mol. The van der Waals surface area contributed by atoms with Crippen molar-refractivity contribution in [3.63, 3.8) is 0 Å². The molecule has 1 heterocycles. The number of hydrogen-bond acceptors (Lipinski definition) is 2. The summed E-state index contributed by atoms with van der Waals surface area (Å²) in [5.41, 5.74) is 6.34. The zero-order valence-corrected chi connectivity index (χ0v) is 15.3. The lowest BCUT2D eigenvalue weighted by Gasteiger charge is -2.03. The topological polar surface area (TPSA) is 47.0 Å². The quantitative estimate of drug-likeness (QED) is 0.405. The van der Waals surface area contributed by atoms with Crippen molar-refractivity contribution in [1.29, 1.82) is 0 Å². The van der Waals surface area contributed by atoms with Gasteiger partial charge < -0.3 is 0 Å². The molecule has 0 fully saturated rings. The summed E-state index contributed by atoms with van der Waals surface area (Å²) in [6, 6.07) is 24.2. The van der Waals surface area contributed by atoms with Crippen molar-refractivity contribution in [1.82, 2.24) is 4.98 Å². The van der Waals surface area contributed by atoms with Crippen molar-refractivity contribution in [2.24, 2.45) is 0 Å². The van der Waals surface area contributed by atoms with Crippen LogP contribution in [0.3, 0.4) is 0 Å². The summed E-state index contributed by atoms with van der Waals surface area (Å²) < 4.78 is 0. The third kappa shape index (κ3) is 3.55. The Morgan fingerprint density at radius 1 is 0.962 bits per heavy atom. The minimum absolute atomic E-state index is 0.123. The molecule has 0 bridgehead atoms. The number of carbonyl (C=O) groups is 1. The molecule has 0 radical (unpaired) electrons. The SMILES string of the molecule is Cc1ccc2[nH+]c(SCC(=O)c3ccc(-c4ccccc4)cc3)[nH]c2c1. The number of thioether (sulfide) groups is 1. The predicted octanol–water partition coefficient (Wildman–Crippen LogP) is 4.93. The molecular formula is C22H19N2OS+. The van der Waals surface area contributed by atoms with Crippen LogP contribution < -0.4 is 4.98 Å². The van der Waals surface area contributed by atoms with Crippen LogP contribution in [-0.2, 0) is 0 Å². The Morgan fingerprint density at radius 2 is 1.69 bits per heavy atom. The van der Waals surface area contributed by atoms with E-state index in [0.717, 1.165) is 32.9 Å². The van der Waals surface area contributed by atoms with Gasteiger partial charge >= 0.3 is 5.16 Å². The van der Waals surface area contributed by atoms with Crippen molar-refractivity contribution in [2.45, 2.75) is 12.1 Å². The van der Waals surface area contributed by atoms with Gasteiger partial charge in [-0.05, 0) is 47.5 Å². The lowest BCUT2D eigenvalue weighted by Crippen LogP contribution is -2.06. The number of aromatic nitrogens is 2. The third-order valence-corrected chi connectivity index (χ3v) is 5.23. The Kier molecular flexibility index (Phi) is 4.59. The van der Waals surface area contributed by atoms with Gasteiger partial charge in [0.05, 0.1) is 5.75 Å². The lowest BCUT2D eigenvalue weighted by molar-refractivity contribution is -0.396. The fourth-order valence-electron chi connectivity index (χ4n) is 2.92. The first kappa shape index (κ1) is 16.6. The van der Waals surface area contributed by atoms with Gasteiger partial charge in [0.15, 0.2) is 16.8 Å². The summed E-state index contributed by atoms with van der Waals surface area (Å²) in [5.74, 6) is 0.519. The minimum Gasteiger partial charge on any atom is -0.293 e. The van der Waals surface area contributed by atoms with E-state index in [1.165, 1.54) is 17.3 Å². The van der Waals surface area contributed by atoms with Crippen LogP contribution in [0.15, 0.2) is 78.0 Å². The number of Topliss-reactive ketones (excluding diaryl/α,β-unsaturated/α-hetero) is 1. The fraction of sp³-hybridized carbons (Fsp3) is 0.0909. The first-order valence-electron chi connectivity index (χ1n) is 8.52. The third-order valence-electron chi connectivity index (χ3n) is 4.33. The molecule has 2 N–H and O–H groups in total. The first-order valence-corrected chi connectivity index (χ1v) is 9.51. The highest BCUT2D eigenvalue weighted by Crippen LogP contribution is 2.21. The predicted molar refractivity (Wildman–Crippen MR) is 107 cm³/mol. The van der Waals surface area contributed by atoms with Gasteiger partial charge in [0.2, 0.25) is 0 Å². The van der Waals surface area contributed by atoms with Crippen LogP contribution >= 0.6 is 11.8 Å². The number of fused-ring (bicyclic) bond motifs is 1. The summed E-state index contributed by atoms with van der Waals surface area (Å²) in [7, 11) is 0. The maximum absolute atomic E-state index is 12.5. The van der Waals surface area contributed by atoms with Crippen LogP contribution in [-0.4, -0.2) is 16.5 Å². The smallest absolute Gasteiger partial charge is 0.293 e. The Bertz CT molecular complexity index is 1050. The Hall–Kier alpha value is -2.85. The molecule has 4 heteroatoms. The van der Waals surface area contributed by atoms with E-state index in [0.29, 0.717) is 5.75 Å². The van der Waals surface area contributed by atoms with Crippen LogP contribution in [0.5, 0.6) is 0 Å². The average molecular weight is 359 g/mol. The van der Waals surface area contributed by atoms with Crippen molar-refractivity contribution >= 4 is 28.6 Å². The Morgan fingerprint density at radius 3 is 2.46 bits per heavy atom. The number of benzene rings is 3. The molecule has 1 aromatic heterocycles. The summed E-state index contributed by atoms with van der Waals surface area (Å²) in [6.45, 7) is 2.07. The number of imidazole rings is 1. The van der Waals surface area contributed by atoms with E-state index in [1.807, 2.05) is 42.5 Å². The van der Waals surface area contributed by atoms with E-state index in [9.17, 15) is 4.79 Å². The maximum atomic E-state index is 12.5. The van der Waals surface area contributed by atoms with Gasteiger partial charge in [-0.15, -0.1) is 0 Å². The molecule has 0 amide bonds. The van der Waals surface area contributed by atoms with Gasteiger partial charge in [-0.1, -0.05) is 60.7 Å². The van der Waals surface area contributed by atoms with E-state index in [1.54, 1.807) is 0 Å². The van der Waals surface area contributed by atoms with Gasteiger partial charge in [-0.2, -0.15) is 0 Å². The Labute approximate surface area is 156 Å². The second kappa shape index (κ2) is 7.18. The van der Waals surface area contributed by atoms with Crippen LogP contribution in [0.4, 0.5) is 0 Å². The lowest BCUT2D eigenvalue weighted by atomic mass is 10.0. The van der Waals surface area contributed by atoms with E-state index in [4.69, 9.17) is 0 Å². The van der Waals surface area contributed by atoms with Crippen molar-refractivity contribution in [3.8, 4) is 11.1 Å². The van der Waals surface area contributed by atoms with Crippen LogP contribution in [0.2, 0.25) is 0 Å². The molecule has 3 aromatic carbocycles. The highest BCUT2D eigenvalue weighted by Gasteiger charge is 2.14. The zero-order chi connectivity index (χ0) is 17.9. The molecule has 4 aromatic rings. The average Bonchev–Trinajstić information content (AvgIpc) is 3.09. The summed E-state index contributed by atoms with van der Waals surface area (Å²) in [6.07, 6.45) is 0. The molecule has 0 aliphatic rings. The Balaban J connectivity index is 1.44. The summed E-state index contributed by atoms with van der Waals surface area (Å²) >= 11 is 1.49. The van der Waals surface area contributed by atoms with Crippen molar-refractivity contribution in [3.05, 3.63) is 83.9 Å².